The Hall–Kier alpha value is -4.52. The summed E-state index contributed by atoms with van der Waals surface area (Å²) in [5.74, 6) is -2.31. The van der Waals surface area contributed by atoms with Gasteiger partial charge in [0.15, 0.2) is 5.78 Å². The summed E-state index contributed by atoms with van der Waals surface area (Å²) in [6, 6.07) is 16.1. The van der Waals surface area contributed by atoms with Gasteiger partial charge < -0.3 is 19.3 Å². The second kappa shape index (κ2) is 16.9. The summed E-state index contributed by atoms with van der Waals surface area (Å²) in [7, 11) is -2.24. The second-order valence-electron chi connectivity index (χ2n) is 17.0. The molecule has 2 aromatic carbocycles. The number of carbonyl (C=O) groups excluding carboxylic acids is 4. The zero-order valence-electron chi connectivity index (χ0n) is 33.5. The molecule has 4 atom stereocenters. The lowest BCUT2D eigenvalue weighted by Gasteiger charge is -2.36. The molecule has 3 heterocycles. The average molecular weight is 789 g/mol. The van der Waals surface area contributed by atoms with Crippen LogP contribution in [0.2, 0.25) is 0 Å². The Morgan fingerprint density at radius 1 is 0.946 bits per heavy atom. The summed E-state index contributed by atoms with van der Waals surface area (Å²) in [5.41, 5.74) is 1.59. The number of methoxy groups -OCH3 is 1. The Kier molecular flexibility index (Phi) is 12.4. The maximum Gasteiger partial charge on any atom is 0.237 e. The van der Waals surface area contributed by atoms with Crippen molar-refractivity contribution in [2.24, 2.45) is 23.2 Å². The normalized spacial score (nSPS) is 20.1. The quantitative estimate of drug-likeness (QED) is 0.202. The third kappa shape index (κ3) is 9.53. The van der Waals surface area contributed by atoms with E-state index < -0.39 is 50.6 Å². The van der Waals surface area contributed by atoms with Crippen LogP contribution in [-0.2, 0) is 29.2 Å². The first-order valence-corrected chi connectivity index (χ1v) is 21.5. The zero-order chi connectivity index (χ0) is 40.4. The number of nitrogens with one attached hydrogen (secondary N) is 1. The van der Waals surface area contributed by atoms with Gasteiger partial charge in [0.05, 0.1) is 42.1 Å². The molecule has 3 aliphatic rings. The molecule has 56 heavy (non-hydrogen) atoms. The van der Waals surface area contributed by atoms with E-state index in [1.807, 2.05) is 80.3 Å². The maximum atomic E-state index is 14.8. The van der Waals surface area contributed by atoms with Crippen molar-refractivity contribution in [3.8, 4) is 22.8 Å². The summed E-state index contributed by atoms with van der Waals surface area (Å²) in [5, 5.41) is 0.136. The first kappa shape index (κ1) is 41.1. The number of fused-ring (bicyclic) bond motifs is 1. The van der Waals surface area contributed by atoms with Crippen LogP contribution in [0.5, 0.6) is 11.5 Å². The summed E-state index contributed by atoms with van der Waals surface area (Å²) < 4.78 is 39.9. The van der Waals surface area contributed by atoms with Crippen molar-refractivity contribution < 1.29 is 37.1 Å². The number of rotatable bonds is 14. The number of ether oxygens (including phenoxy) is 2. The van der Waals surface area contributed by atoms with Gasteiger partial charge in [-0.05, 0) is 55.6 Å². The van der Waals surface area contributed by atoms with Crippen molar-refractivity contribution in [3.63, 3.8) is 0 Å². The molecular weight excluding hydrogens is 733 g/mol. The van der Waals surface area contributed by atoms with E-state index in [1.54, 1.807) is 25.9 Å². The Labute approximate surface area is 330 Å². The molecular formula is C43H56N4O8S. The molecule has 13 heteroatoms. The van der Waals surface area contributed by atoms with E-state index in [0.717, 1.165) is 30.2 Å². The Bertz CT molecular complexity index is 2040. The van der Waals surface area contributed by atoms with Crippen molar-refractivity contribution >= 4 is 44.4 Å². The third-order valence-corrected chi connectivity index (χ3v) is 13.3. The fourth-order valence-electron chi connectivity index (χ4n) is 7.84. The molecule has 2 saturated heterocycles. The topological polar surface area (TPSA) is 152 Å². The number of sulfonamides is 1. The van der Waals surface area contributed by atoms with E-state index in [2.05, 4.69) is 4.72 Å². The Morgan fingerprint density at radius 2 is 1.64 bits per heavy atom. The molecule has 6 rings (SSSR count). The number of hydrogen-bond donors (Lipinski definition) is 1. The van der Waals surface area contributed by atoms with E-state index in [0.29, 0.717) is 48.6 Å². The molecule has 1 N–H and O–H groups in total. The highest BCUT2D eigenvalue weighted by Crippen LogP contribution is 2.38. The van der Waals surface area contributed by atoms with E-state index in [1.165, 1.54) is 0 Å². The number of benzene rings is 2. The summed E-state index contributed by atoms with van der Waals surface area (Å²) in [6.45, 7) is 10.8. The van der Waals surface area contributed by atoms with Crippen LogP contribution in [0.25, 0.3) is 22.2 Å². The minimum absolute atomic E-state index is 0.0125. The van der Waals surface area contributed by atoms with Gasteiger partial charge in [-0.15, -0.1) is 0 Å². The van der Waals surface area contributed by atoms with Gasteiger partial charge in [-0.1, -0.05) is 65.0 Å². The van der Waals surface area contributed by atoms with Gasteiger partial charge in [-0.3, -0.25) is 23.9 Å². The molecule has 2 aliphatic heterocycles. The highest BCUT2D eigenvalue weighted by Gasteiger charge is 2.47. The average Bonchev–Trinajstić information content (AvgIpc) is 3.96. The lowest BCUT2D eigenvalue weighted by atomic mass is 9.77. The number of aromatic nitrogens is 1. The summed E-state index contributed by atoms with van der Waals surface area (Å²) in [6.07, 6.45) is 3.20. The molecule has 12 nitrogen and oxygen atoms in total. The minimum Gasteiger partial charge on any atom is -0.497 e. The number of likely N-dealkylation sites (tertiary alicyclic amines) is 2. The molecule has 0 spiro atoms. The van der Waals surface area contributed by atoms with Crippen LogP contribution in [0.4, 0.5) is 0 Å². The third-order valence-electron chi connectivity index (χ3n) is 11.5. The van der Waals surface area contributed by atoms with Crippen molar-refractivity contribution in [2.75, 3.05) is 26.7 Å². The van der Waals surface area contributed by atoms with E-state index in [9.17, 15) is 27.6 Å². The lowest BCUT2D eigenvalue weighted by molar-refractivity contribution is -0.148. The highest BCUT2D eigenvalue weighted by atomic mass is 32.2. The molecule has 0 unspecified atom stereocenters. The maximum absolute atomic E-state index is 14.8. The summed E-state index contributed by atoms with van der Waals surface area (Å²) in [4.78, 5) is 64.7. The highest BCUT2D eigenvalue weighted by molar-refractivity contribution is 7.90. The van der Waals surface area contributed by atoms with Gasteiger partial charge in [-0.2, -0.15) is 0 Å². The summed E-state index contributed by atoms with van der Waals surface area (Å²) >= 11 is 0. The van der Waals surface area contributed by atoms with Crippen molar-refractivity contribution in [3.05, 3.63) is 54.6 Å². The molecule has 0 radical (unpaired) electrons. The fourth-order valence-corrected chi connectivity index (χ4v) is 9.20. The molecule has 3 fully saturated rings. The first-order chi connectivity index (χ1) is 26.5. The molecule has 3 aromatic rings. The number of Topliss-reactive ketones (excluding diaryl/α,β-unsaturated/α-hetero) is 1. The van der Waals surface area contributed by atoms with E-state index >= 15 is 0 Å². The smallest absolute Gasteiger partial charge is 0.237 e. The molecule has 1 aromatic heterocycles. The van der Waals surface area contributed by atoms with Crippen LogP contribution in [0.3, 0.4) is 0 Å². The van der Waals surface area contributed by atoms with Crippen LogP contribution >= 0.6 is 0 Å². The lowest BCUT2D eigenvalue weighted by Crippen LogP contribution is -2.49. The zero-order valence-corrected chi connectivity index (χ0v) is 34.3. The number of ketones is 1. The van der Waals surface area contributed by atoms with Crippen molar-refractivity contribution in [2.45, 2.75) is 103 Å². The molecule has 0 bridgehead atoms. The van der Waals surface area contributed by atoms with Crippen LogP contribution in [-0.4, -0.2) is 90.8 Å². The Morgan fingerprint density at radius 3 is 2.27 bits per heavy atom. The minimum atomic E-state index is -3.83. The monoisotopic (exact) mass is 788 g/mol. The van der Waals surface area contributed by atoms with Crippen LogP contribution < -0.4 is 14.2 Å². The van der Waals surface area contributed by atoms with Crippen LogP contribution in [0.15, 0.2) is 54.6 Å². The molecule has 1 aliphatic carbocycles. The second-order valence-corrected chi connectivity index (χ2v) is 19.0. The molecule has 1 saturated carbocycles. The first-order valence-electron chi connectivity index (χ1n) is 19.9. The Balaban J connectivity index is 1.32. The number of piperidine rings is 1. The van der Waals surface area contributed by atoms with Gasteiger partial charge in [0.25, 0.3) is 0 Å². The van der Waals surface area contributed by atoms with Crippen molar-refractivity contribution in [1.82, 2.24) is 19.5 Å². The number of nitrogens with zero attached hydrogens (tertiary/aromatic N) is 3. The largest absolute Gasteiger partial charge is 0.497 e. The van der Waals surface area contributed by atoms with Gasteiger partial charge in [0.1, 0.15) is 17.6 Å². The van der Waals surface area contributed by atoms with Gasteiger partial charge in [0.2, 0.25) is 27.7 Å². The van der Waals surface area contributed by atoms with E-state index in [4.69, 9.17) is 14.5 Å². The fraction of sp³-hybridized carbons (Fsp3) is 0.558. The van der Waals surface area contributed by atoms with Gasteiger partial charge in [-0.25, -0.2) is 13.4 Å². The van der Waals surface area contributed by atoms with Crippen LogP contribution in [0.1, 0.15) is 86.0 Å². The number of carbonyl (C=O) groups is 4. The van der Waals surface area contributed by atoms with Crippen LogP contribution in [0, 0.1) is 23.2 Å². The van der Waals surface area contributed by atoms with Gasteiger partial charge in [0, 0.05) is 61.4 Å². The predicted molar refractivity (Wildman–Crippen MR) is 214 cm³/mol. The molecule has 302 valence electrons. The van der Waals surface area contributed by atoms with E-state index in [-0.39, 0.29) is 49.3 Å². The standard InChI is InChI=1S/C43H56N4O8S/c1-27(2)33(41(50)45-56(52,53)31-16-17-31)23-38(48)37-22-30(26-47(37)42(51)34(43(3,4)5)24-40(49)46-19-11-8-12-20-46)55-39-25-35(28-13-9-7-10-14-28)44-36-21-29(54-6)15-18-32(36)39/h7,9-10,13-15,18,21,25,27,30-31,33-34,37H,8,11-12,16-17,19-20,22-24,26H2,1-6H3,(H,45,50)/t30-,33-,34-,37+/m1/s1. The number of amides is 3. The molecule has 3 amide bonds. The number of pyridine rings is 1. The van der Waals surface area contributed by atoms with Gasteiger partial charge >= 0.3 is 0 Å². The predicted octanol–water partition coefficient (Wildman–Crippen LogP) is 6.16. The SMILES string of the molecule is COc1ccc2c(O[C@@H]3C[C@@H](C(=O)C[C@@H](C(=O)NS(=O)(=O)C4CC4)C(C)C)N(C(=O)[C@@H](CC(=O)N4CCCCC4)C(C)(C)C)C3)cc(-c3ccccc3)nc2c1. The van der Waals surface area contributed by atoms with Crippen molar-refractivity contribution in [1.29, 1.82) is 0 Å². The number of hydrogen-bond acceptors (Lipinski definition) is 9.